The minimum Gasteiger partial charge on any atom is -0.317 e. The maximum atomic E-state index is 4.17. The van der Waals surface area contributed by atoms with E-state index in [1.54, 1.807) is 0 Å². The van der Waals surface area contributed by atoms with E-state index >= 15 is 0 Å². The first-order valence-corrected chi connectivity index (χ1v) is 5.91. The predicted octanol–water partition coefficient (Wildman–Crippen LogP) is 1.99. The van der Waals surface area contributed by atoms with Crippen LogP contribution in [0.5, 0.6) is 0 Å². The van der Waals surface area contributed by atoms with Crippen LogP contribution in [-0.2, 0) is 13.5 Å². The molecule has 0 aromatic carbocycles. The Labute approximate surface area is 92.9 Å². The molecule has 3 nitrogen and oxygen atoms in total. The van der Waals surface area contributed by atoms with Gasteiger partial charge < -0.3 is 5.32 Å². The summed E-state index contributed by atoms with van der Waals surface area (Å²) < 4.78 is 1.97. The number of aromatic nitrogens is 2. The van der Waals surface area contributed by atoms with Crippen molar-refractivity contribution in [3.63, 3.8) is 0 Å². The van der Waals surface area contributed by atoms with Crippen LogP contribution in [0.3, 0.4) is 0 Å². The monoisotopic (exact) mass is 209 g/mol. The zero-order valence-corrected chi connectivity index (χ0v) is 10.2. The Kier molecular flexibility index (Phi) is 5.40. The highest BCUT2D eigenvalue weighted by Gasteiger charge is 2.04. The van der Waals surface area contributed by atoms with Gasteiger partial charge in [0.2, 0.25) is 0 Å². The van der Waals surface area contributed by atoms with Gasteiger partial charge in [0.15, 0.2) is 0 Å². The highest BCUT2D eigenvalue weighted by Crippen LogP contribution is 2.11. The lowest BCUT2D eigenvalue weighted by atomic mass is 10.0. The van der Waals surface area contributed by atoms with Crippen molar-refractivity contribution < 1.29 is 0 Å². The highest BCUT2D eigenvalue weighted by atomic mass is 15.2. The van der Waals surface area contributed by atoms with Gasteiger partial charge in [0, 0.05) is 18.9 Å². The van der Waals surface area contributed by atoms with Gasteiger partial charge in [-0.05, 0) is 44.3 Å². The molecule has 1 rings (SSSR count). The van der Waals surface area contributed by atoms with Crippen molar-refractivity contribution in [2.24, 2.45) is 13.0 Å². The summed E-state index contributed by atoms with van der Waals surface area (Å²) in [6, 6.07) is 2.11. The van der Waals surface area contributed by atoms with E-state index in [2.05, 4.69) is 30.3 Å². The average Bonchev–Trinajstić information content (AvgIpc) is 2.61. The largest absolute Gasteiger partial charge is 0.317 e. The molecule has 0 aliphatic carbocycles. The minimum absolute atomic E-state index is 0.791. The molecule has 1 heterocycles. The second-order valence-electron chi connectivity index (χ2n) is 4.23. The molecule has 0 fully saturated rings. The van der Waals surface area contributed by atoms with E-state index in [1.807, 2.05) is 17.9 Å². The SMILES string of the molecule is CCNCCC(C)CCc1ccnn1C. The summed E-state index contributed by atoms with van der Waals surface area (Å²) in [4.78, 5) is 0. The molecule has 0 aliphatic rings. The molecule has 0 bridgehead atoms. The highest BCUT2D eigenvalue weighted by molar-refractivity contribution is 4.99. The number of hydrogen-bond donors (Lipinski definition) is 1. The van der Waals surface area contributed by atoms with Gasteiger partial charge in [-0.15, -0.1) is 0 Å². The number of nitrogens with one attached hydrogen (secondary N) is 1. The van der Waals surface area contributed by atoms with E-state index in [1.165, 1.54) is 18.5 Å². The summed E-state index contributed by atoms with van der Waals surface area (Å²) in [7, 11) is 2.01. The Morgan fingerprint density at radius 3 is 2.87 bits per heavy atom. The van der Waals surface area contributed by atoms with E-state index in [-0.39, 0.29) is 0 Å². The Bertz CT molecular complexity index is 268. The molecule has 0 spiro atoms. The van der Waals surface area contributed by atoms with Crippen LogP contribution in [-0.4, -0.2) is 22.9 Å². The van der Waals surface area contributed by atoms with Crippen molar-refractivity contribution in [2.75, 3.05) is 13.1 Å². The Hall–Kier alpha value is -0.830. The molecule has 1 atom stereocenters. The third kappa shape index (κ3) is 4.47. The van der Waals surface area contributed by atoms with Crippen molar-refractivity contribution in [1.82, 2.24) is 15.1 Å². The van der Waals surface area contributed by atoms with Crippen LogP contribution in [0.4, 0.5) is 0 Å². The lowest BCUT2D eigenvalue weighted by Crippen LogP contribution is -2.16. The second kappa shape index (κ2) is 6.62. The van der Waals surface area contributed by atoms with Crippen molar-refractivity contribution in [3.05, 3.63) is 18.0 Å². The van der Waals surface area contributed by atoms with E-state index in [0.717, 1.165) is 25.4 Å². The molecule has 1 aromatic heterocycles. The summed E-state index contributed by atoms with van der Waals surface area (Å²) in [6.45, 7) is 6.70. The first-order chi connectivity index (χ1) is 7.24. The van der Waals surface area contributed by atoms with Gasteiger partial charge in [-0.1, -0.05) is 13.8 Å². The number of nitrogens with zero attached hydrogens (tertiary/aromatic N) is 2. The van der Waals surface area contributed by atoms with Gasteiger partial charge in [-0.25, -0.2) is 0 Å². The van der Waals surface area contributed by atoms with Gasteiger partial charge in [-0.3, -0.25) is 4.68 Å². The molecule has 1 aromatic rings. The topological polar surface area (TPSA) is 29.9 Å². The minimum atomic E-state index is 0.791. The van der Waals surface area contributed by atoms with E-state index in [0.29, 0.717) is 0 Å². The molecule has 0 saturated heterocycles. The van der Waals surface area contributed by atoms with Gasteiger partial charge in [-0.2, -0.15) is 5.10 Å². The maximum absolute atomic E-state index is 4.17. The summed E-state index contributed by atoms with van der Waals surface area (Å²) in [5.41, 5.74) is 1.34. The van der Waals surface area contributed by atoms with Crippen LogP contribution >= 0.6 is 0 Å². The number of hydrogen-bond acceptors (Lipinski definition) is 2. The molecule has 1 unspecified atom stereocenters. The third-order valence-electron chi connectivity index (χ3n) is 2.88. The Morgan fingerprint density at radius 2 is 2.27 bits per heavy atom. The van der Waals surface area contributed by atoms with Crippen LogP contribution in [0.2, 0.25) is 0 Å². The molecule has 15 heavy (non-hydrogen) atoms. The second-order valence-corrected chi connectivity index (χ2v) is 4.23. The normalized spacial score (nSPS) is 13.0. The predicted molar refractivity (Wildman–Crippen MR) is 63.9 cm³/mol. The molecular formula is C12H23N3. The fourth-order valence-electron chi connectivity index (χ4n) is 1.71. The van der Waals surface area contributed by atoms with Crippen molar-refractivity contribution >= 4 is 0 Å². The standard InChI is InChI=1S/C12H23N3/c1-4-13-9-7-11(2)5-6-12-8-10-14-15(12)3/h8,10-11,13H,4-7,9H2,1-3H3. The molecule has 1 N–H and O–H groups in total. The molecule has 86 valence electrons. The lowest BCUT2D eigenvalue weighted by molar-refractivity contribution is 0.467. The maximum Gasteiger partial charge on any atom is 0.0492 e. The lowest BCUT2D eigenvalue weighted by Gasteiger charge is -2.11. The molecular weight excluding hydrogens is 186 g/mol. The zero-order chi connectivity index (χ0) is 11.1. The van der Waals surface area contributed by atoms with Gasteiger partial charge in [0.25, 0.3) is 0 Å². The summed E-state index contributed by atoms with van der Waals surface area (Å²) in [5.74, 6) is 0.791. The Balaban J connectivity index is 2.16. The molecule has 0 aliphatic heterocycles. The van der Waals surface area contributed by atoms with E-state index in [9.17, 15) is 0 Å². The molecule has 0 radical (unpaired) electrons. The first-order valence-electron chi connectivity index (χ1n) is 5.91. The fourth-order valence-corrected chi connectivity index (χ4v) is 1.71. The number of rotatable bonds is 7. The van der Waals surface area contributed by atoms with Crippen LogP contribution in [0.1, 0.15) is 32.4 Å². The van der Waals surface area contributed by atoms with Crippen molar-refractivity contribution in [3.8, 4) is 0 Å². The van der Waals surface area contributed by atoms with Gasteiger partial charge in [0.05, 0.1) is 0 Å². The zero-order valence-electron chi connectivity index (χ0n) is 10.2. The number of aryl methyl sites for hydroxylation is 2. The summed E-state index contributed by atoms with van der Waals surface area (Å²) in [6.07, 6.45) is 5.54. The fraction of sp³-hybridized carbons (Fsp3) is 0.750. The van der Waals surface area contributed by atoms with Gasteiger partial charge in [0.1, 0.15) is 0 Å². The Morgan fingerprint density at radius 1 is 1.47 bits per heavy atom. The first kappa shape index (κ1) is 12.2. The van der Waals surface area contributed by atoms with E-state index < -0.39 is 0 Å². The van der Waals surface area contributed by atoms with Crippen LogP contribution in [0.15, 0.2) is 12.3 Å². The van der Waals surface area contributed by atoms with Crippen LogP contribution in [0.25, 0.3) is 0 Å². The van der Waals surface area contributed by atoms with Crippen molar-refractivity contribution in [1.29, 1.82) is 0 Å². The quantitative estimate of drug-likeness (QED) is 0.696. The smallest absolute Gasteiger partial charge is 0.0492 e. The molecule has 3 heteroatoms. The average molecular weight is 209 g/mol. The summed E-state index contributed by atoms with van der Waals surface area (Å²) >= 11 is 0. The molecule has 0 saturated carbocycles. The van der Waals surface area contributed by atoms with E-state index in [4.69, 9.17) is 0 Å². The van der Waals surface area contributed by atoms with Crippen LogP contribution < -0.4 is 5.32 Å². The summed E-state index contributed by atoms with van der Waals surface area (Å²) in [5, 5.41) is 7.54. The third-order valence-corrected chi connectivity index (χ3v) is 2.88. The molecule has 0 amide bonds. The van der Waals surface area contributed by atoms with Crippen LogP contribution in [0, 0.1) is 5.92 Å². The van der Waals surface area contributed by atoms with Gasteiger partial charge >= 0.3 is 0 Å². The van der Waals surface area contributed by atoms with Crippen molar-refractivity contribution in [2.45, 2.75) is 33.1 Å².